The predicted octanol–water partition coefficient (Wildman–Crippen LogP) is 2.37. The Morgan fingerprint density at radius 2 is 2.25 bits per heavy atom. The van der Waals surface area contributed by atoms with E-state index in [1.54, 1.807) is 6.07 Å². The fourth-order valence-electron chi connectivity index (χ4n) is 2.14. The van der Waals surface area contributed by atoms with Gasteiger partial charge in [0.1, 0.15) is 5.82 Å². The first-order valence-corrected chi connectivity index (χ1v) is 6.28. The Morgan fingerprint density at radius 1 is 1.50 bits per heavy atom. The second-order valence-electron chi connectivity index (χ2n) is 4.55. The van der Waals surface area contributed by atoms with Crippen LogP contribution in [0.1, 0.15) is 12.5 Å². The Morgan fingerprint density at radius 3 is 2.88 bits per heavy atom. The Hall–Kier alpha value is -0.450. The zero-order valence-corrected chi connectivity index (χ0v) is 10.9. The quantitative estimate of drug-likeness (QED) is 0.905. The van der Waals surface area contributed by atoms with Crippen LogP contribution >= 0.6 is 15.9 Å². The van der Waals surface area contributed by atoms with Crippen molar-refractivity contribution in [2.24, 2.45) is 11.7 Å². The summed E-state index contributed by atoms with van der Waals surface area (Å²) in [5, 5.41) is 0. The predicted molar refractivity (Wildman–Crippen MR) is 66.5 cm³/mol. The molecule has 16 heavy (non-hydrogen) atoms. The molecular formula is C12H16BrFN2. The normalized spacial score (nSPS) is 26.2. The van der Waals surface area contributed by atoms with Crippen molar-refractivity contribution in [2.75, 3.05) is 13.1 Å². The first kappa shape index (κ1) is 12.0. The highest BCUT2D eigenvalue weighted by Crippen LogP contribution is 2.24. The van der Waals surface area contributed by atoms with E-state index < -0.39 is 0 Å². The number of halogens is 2. The maximum atomic E-state index is 13.3. The smallest absolute Gasteiger partial charge is 0.137 e. The van der Waals surface area contributed by atoms with Gasteiger partial charge in [0.2, 0.25) is 0 Å². The van der Waals surface area contributed by atoms with Crippen LogP contribution in [-0.2, 0) is 6.54 Å². The summed E-state index contributed by atoms with van der Waals surface area (Å²) in [5.41, 5.74) is 6.95. The van der Waals surface area contributed by atoms with Crippen LogP contribution < -0.4 is 5.73 Å². The van der Waals surface area contributed by atoms with Crippen LogP contribution in [0.25, 0.3) is 0 Å². The molecule has 0 saturated carbocycles. The van der Waals surface area contributed by atoms with Crippen molar-refractivity contribution in [1.82, 2.24) is 4.90 Å². The van der Waals surface area contributed by atoms with E-state index in [1.165, 1.54) is 6.07 Å². The summed E-state index contributed by atoms with van der Waals surface area (Å²) in [4.78, 5) is 2.27. The van der Waals surface area contributed by atoms with Crippen LogP contribution in [0.3, 0.4) is 0 Å². The van der Waals surface area contributed by atoms with Crippen LogP contribution in [0, 0.1) is 11.7 Å². The van der Waals surface area contributed by atoms with Crippen LogP contribution in [0.2, 0.25) is 0 Å². The first-order chi connectivity index (χ1) is 7.58. The molecule has 0 bridgehead atoms. The molecule has 88 valence electrons. The second kappa shape index (κ2) is 4.82. The lowest BCUT2D eigenvalue weighted by molar-refractivity contribution is 0.317. The van der Waals surface area contributed by atoms with Crippen LogP contribution in [0.4, 0.5) is 4.39 Å². The average Bonchev–Trinajstić information content (AvgIpc) is 2.54. The SMILES string of the molecule is CC1CN(Cc2cccc(F)c2Br)CC1N. The van der Waals surface area contributed by atoms with Crippen molar-refractivity contribution in [3.63, 3.8) is 0 Å². The lowest BCUT2D eigenvalue weighted by Gasteiger charge is -2.16. The number of hydrogen-bond donors (Lipinski definition) is 1. The summed E-state index contributed by atoms with van der Waals surface area (Å²) in [7, 11) is 0. The molecule has 0 radical (unpaired) electrons. The number of hydrogen-bond acceptors (Lipinski definition) is 2. The van der Waals surface area contributed by atoms with Gasteiger partial charge in [-0.25, -0.2) is 4.39 Å². The van der Waals surface area contributed by atoms with Gasteiger partial charge < -0.3 is 5.73 Å². The maximum Gasteiger partial charge on any atom is 0.137 e. The zero-order chi connectivity index (χ0) is 11.7. The molecule has 1 aromatic carbocycles. The molecule has 0 aromatic heterocycles. The van der Waals surface area contributed by atoms with Crippen LogP contribution in [-0.4, -0.2) is 24.0 Å². The van der Waals surface area contributed by atoms with E-state index in [0.29, 0.717) is 10.4 Å². The summed E-state index contributed by atoms with van der Waals surface area (Å²) in [6.07, 6.45) is 0. The molecule has 1 heterocycles. The molecule has 2 rings (SSSR count). The number of nitrogens with zero attached hydrogens (tertiary/aromatic N) is 1. The van der Waals surface area contributed by atoms with Gasteiger partial charge in [-0.15, -0.1) is 0 Å². The van der Waals surface area contributed by atoms with Gasteiger partial charge in [-0.1, -0.05) is 19.1 Å². The largest absolute Gasteiger partial charge is 0.326 e. The minimum absolute atomic E-state index is 0.200. The van der Waals surface area contributed by atoms with Gasteiger partial charge in [-0.05, 0) is 33.5 Å². The van der Waals surface area contributed by atoms with E-state index >= 15 is 0 Å². The molecular weight excluding hydrogens is 271 g/mol. The summed E-state index contributed by atoms with van der Waals surface area (Å²) < 4.78 is 13.9. The molecule has 1 saturated heterocycles. The lowest BCUT2D eigenvalue weighted by Crippen LogP contribution is -2.28. The molecule has 2 N–H and O–H groups in total. The van der Waals surface area contributed by atoms with E-state index in [0.717, 1.165) is 25.2 Å². The highest BCUT2D eigenvalue weighted by atomic mass is 79.9. The molecule has 0 amide bonds. The molecule has 2 nitrogen and oxygen atoms in total. The highest BCUT2D eigenvalue weighted by molar-refractivity contribution is 9.10. The average molecular weight is 287 g/mol. The van der Waals surface area contributed by atoms with Crippen molar-refractivity contribution in [3.8, 4) is 0 Å². The van der Waals surface area contributed by atoms with Crippen molar-refractivity contribution in [1.29, 1.82) is 0 Å². The third kappa shape index (κ3) is 2.44. The van der Waals surface area contributed by atoms with E-state index in [4.69, 9.17) is 5.73 Å². The molecule has 1 fully saturated rings. The Kier molecular flexibility index (Phi) is 3.62. The summed E-state index contributed by atoms with van der Waals surface area (Å²) in [6, 6.07) is 5.40. The molecule has 1 aliphatic heterocycles. The highest BCUT2D eigenvalue weighted by Gasteiger charge is 2.26. The maximum absolute atomic E-state index is 13.3. The number of nitrogens with two attached hydrogens (primary N) is 1. The number of benzene rings is 1. The Bertz CT molecular complexity index is 373. The number of likely N-dealkylation sites (tertiary alicyclic amines) is 1. The molecule has 4 heteroatoms. The van der Waals surface area contributed by atoms with Crippen molar-refractivity contribution in [3.05, 3.63) is 34.1 Å². The summed E-state index contributed by atoms with van der Waals surface area (Å²) in [6.45, 7) is 4.80. The lowest BCUT2D eigenvalue weighted by atomic mass is 10.1. The van der Waals surface area contributed by atoms with Gasteiger partial charge in [0, 0.05) is 25.7 Å². The topological polar surface area (TPSA) is 29.3 Å². The third-order valence-electron chi connectivity index (χ3n) is 3.17. The van der Waals surface area contributed by atoms with Crippen molar-refractivity contribution in [2.45, 2.75) is 19.5 Å². The fraction of sp³-hybridized carbons (Fsp3) is 0.500. The van der Waals surface area contributed by atoms with Gasteiger partial charge >= 0.3 is 0 Å². The zero-order valence-electron chi connectivity index (χ0n) is 9.29. The monoisotopic (exact) mass is 286 g/mol. The van der Waals surface area contributed by atoms with Crippen LogP contribution in [0.5, 0.6) is 0 Å². The van der Waals surface area contributed by atoms with Gasteiger partial charge in [0.25, 0.3) is 0 Å². The van der Waals surface area contributed by atoms with Gasteiger partial charge in [-0.2, -0.15) is 0 Å². The molecule has 0 spiro atoms. The number of rotatable bonds is 2. The van der Waals surface area contributed by atoms with Crippen molar-refractivity contribution < 1.29 is 4.39 Å². The fourth-order valence-corrected chi connectivity index (χ4v) is 2.53. The minimum atomic E-state index is -0.200. The van der Waals surface area contributed by atoms with Crippen LogP contribution in [0.15, 0.2) is 22.7 Å². The van der Waals surface area contributed by atoms with E-state index in [2.05, 4.69) is 27.8 Å². The van der Waals surface area contributed by atoms with Crippen molar-refractivity contribution >= 4 is 15.9 Å². The Labute approximate surface area is 104 Å². The standard InChI is InChI=1S/C12H16BrFN2/c1-8-5-16(7-11(8)15)6-9-3-2-4-10(14)12(9)13/h2-4,8,11H,5-7,15H2,1H3. The summed E-state index contributed by atoms with van der Waals surface area (Å²) in [5.74, 6) is 0.321. The van der Waals surface area contributed by atoms with Gasteiger partial charge in [0.05, 0.1) is 4.47 Å². The molecule has 1 aliphatic rings. The van der Waals surface area contributed by atoms with Gasteiger partial charge in [-0.3, -0.25) is 4.90 Å². The second-order valence-corrected chi connectivity index (χ2v) is 5.34. The molecule has 2 unspecified atom stereocenters. The van der Waals surface area contributed by atoms with E-state index in [-0.39, 0.29) is 11.9 Å². The molecule has 2 atom stereocenters. The molecule has 1 aromatic rings. The third-order valence-corrected chi connectivity index (χ3v) is 4.06. The van der Waals surface area contributed by atoms with E-state index in [1.807, 2.05) is 6.07 Å². The molecule has 0 aliphatic carbocycles. The van der Waals surface area contributed by atoms with E-state index in [9.17, 15) is 4.39 Å². The minimum Gasteiger partial charge on any atom is -0.326 e. The summed E-state index contributed by atoms with van der Waals surface area (Å²) >= 11 is 3.28. The first-order valence-electron chi connectivity index (χ1n) is 5.48. The van der Waals surface area contributed by atoms with Gasteiger partial charge in [0.15, 0.2) is 0 Å². The Balaban J connectivity index is 2.08.